The Labute approximate surface area is 258 Å². The number of hydrogen-bond acceptors (Lipinski definition) is 5. The van der Waals surface area contributed by atoms with Crippen LogP contribution in [0.25, 0.3) is 0 Å². The summed E-state index contributed by atoms with van der Waals surface area (Å²) in [5, 5.41) is 2.98. The number of anilines is 1. The maximum Gasteiger partial charge on any atom is 0.243 e. The molecule has 1 unspecified atom stereocenters. The fourth-order valence-corrected chi connectivity index (χ4v) is 5.83. The van der Waals surface area contributed by atoms with Crippen LogP contribution in [0.3, 0.4) is 0 Å². The van der Waals surface area contributed by atoms with Crippen LogP contribution < -0.4 is 14.4 Å². The van der Waals surface area contributed by atoms with Crippen LogP contribution in [0, 0.1) is 0 Å². The molecule has 0 aliphatic rings. The number of sulfonamides is 1. The first-order valence-corrected chi connectivity index (χ1v) is 16.7. The van der Waals surface area contributed by atoms with Crippen LogP contribution in [0.15, 0.2) is 83.3 Å². The van der Waals surface area contributed by atoms with E-state index in [2.05, 4.69) is 21.2 Å². The first-order valence-electron chi connectivity index (χ1n) is 14.1. The molecule has 0 heterocycles. The largest absolute Gasteiger partial charge is 0.494 e. The average molecular weight is 659 g/mol. The van der Waals surface area contributed by atoms with Crippen molar-refractivity contribution >= 4 is 43.5 Å². The van der Waals surface area contributed by atoms with Crippen LogP contribution in [0.4, 0.5) is 5.69 Å². The smallest absolute Gasteiger partial charge is 0.243 e. The van der Waals surface area contributed by atoms with Gasteiger partial charge in [-0.2, -0.15) is 0 Å². The molecule has 0 radical (unpaired) electrons. The maximum atomic E-state index is 13.9. The third-order valence-electron chi connectivity index (χ3n) is 6.56. The third-order valence-corrected chi connectivity index (χ3v) is 8.28. The molecule has 1 atom stereocenters. The van der Waals surface area contributed by atoms with Gasteiger partial charge in [-0.1, -0.05) is 58.4 Å². The molecule has 0 aliphatic heterocycles. The highest BCUT2D eigenvalue weighted by Crippen LogP contribution is 2.23. The minimum Gasteiger partial charge on any atom is -0.494 e. The van der Waals surface area contributed by atoms with Gasteiger partial charge < -0.3 is 15.0 Å². The lowest BCUT2D eigenvalue weighted by molar-refractivity contribution is -0.141. The summed E-state index contributed by atoms with van der Waals surface area (Å²) in [6, 6.07) is 23.3. The van der Waals surface area contributed by atoms with Gasteiger partial charge in [-0.3, -0.25) is 13.9 Å². The van der Waals surface area contributed by atoms with E-state index >= 15 is 0 Å². The van der Waals surface area contributed by atoms with Crippen molar-refractivity contribution in [1.82, 2.24) is 10.2 Å². The van der Waals surface area contributed by atoms with Crippen LogP contribution in [-0.2, 0) is 32.6 Å². The number of benzene rings is 3. The maximum absolute atomic E-state index is 13.9. The zero-order chi connectivity index (χ0) is 30.7. The van der Waals surface area contributed by atoms with Gasteiger partial charge in [0, 0.05) is 36.4 Å². The topological polar surface area (TPSA) is 96.0 Å². The summed E-state index contributed by atoms with van der Waals surface area (Å²) in [5.41, 5.74) is 2.32. The molecule has 0 bridgehead atoms. The van der Waals surface area contributed by atoms with Crippen molar-refractivity contribution < 1.29 is 22.7 Å². The van der Waals surface area contributed by atoms with E-state index in [1.165, 1.54) is 4.31 Å². The van der Waals surface area contributed by atoms with Gasteiger partial charge in [0.25, 0.3) is 0 Å². The molecule has 1 N–H and O–H groups in total. The molecule has 0 saturated heterocycles. The van der Waals surface area contributed by atoms with E-state index in [0.29, 0.717) is 24.5 Å². The highest BCUT2D eigenvalue weighted by Gasteiger charge is 2.31. The number of nitrogens with one attached hydrogen (secondary N) is 1. The first-order chi connectivity index (χ1) is 20.0. The van der Waals surface area contributed by atoms with Gasteiger partial charge in [0.2, 0.25) is 21.8 Å². The second-order valence-electron chi connectivity index (χ2n) is 10.4. The molecule has 3 aromatic carbocycles. The normalized spacial score (nSPS) is 12.0. The van der Waals surface area contributed by atoms with E-state index < -0.39 is 16.1 Å². The van der Waals surface area contributed by atoms with Gasteiger partial charge in [-0.05, 0) is 74.7 Å². The summed E-state index contributed by atoms with van der Waals surface area (Å²) < 4.78 is 33.0. The quantitative estimate of drug-likeness (QED) is 0.231. The van der Waals surface area contributed by atoms with Crippen LogP contribution in [-0.4, -0.2) is 56.6 Å². The predicted octanol–water partition coefficient (Wildman–Crippen LogP) is 5.56. The van der Waals surface area contributed by atoms with E-state index in [1.54, 1.807) is 29.2 Å². The summed E-state index contributed by atoms with van der Waals surface area (Å²) in [5.74, 6) is 0.196. The third kappa shape index (κ3) is 10.2. The van der Waals surface area contributed by atoms with E-state index in [9.17, 15) is 18.0 Å². The Kier molecular flexibility index (Phi) is 12.4. The van der Waals surface area contributed by atoms with Gasteiger partial charge in [0.05, 0.1) is 18.6 Å². The number of amides is 2. The Balaban J connectivity index is 1.85. The lowest BCUT2D eigenvalue weighted by Crippen LogP contribution is -2.51. The van der Waals surface area contributed by atoms with Crippen LogP contribution in [0.1, 0.15) is 44.7 Å². The molecular formula is C32H40BrN3O5S. The highest BCUT2D eigenvalue weighted by atomic mass is 79.9. The van der Waals surface area contributed by atoms with Gasteiger partial charge in [-0.25, -0.2) is 8.42 Å². The van der Waals surface area contributed by atoms with E-state index in [0.717, 1.165) is 21.9 Å². The second kappa shape index (κ2) is 15.7. The average Bonchev–Trinajstić information content (AvgIpc) is 2.94. The van der Waals surface area contributed by atoms with Crippen molar-refractivity contribution in [1.29, 1.82) is 0 Å². The molecule has 0 aromatic heterocycles. The molecule has 3 rings (SSSR count). The molecule has 0 fully saturated rings. The molecule has 226 valence electrons. The summed E-state index contributed by atoms with van der Waals surface area (Å²) in [4.78, 5) is 29.0. The number of halogens is 1. The minimum atomic E-state index is -3.60. The number of ether oxygens (including phenoxy) is 1. The van der Waals surface area contributed by atoms with Crippen molar-refractivity contribution in [3.8, 4) is 5.75 Å². The van der Waals surface area contributed by atoms with Crippen LogP contribution in [0.5, 0.6) is 5.75 Å². The molecule has 3 aromatic rings. The number of hydrogen-bond donors (Lipinski definition) is 1. The molecular weight excluding hydrogens is 618 g/mol. The molecule has 0 saturated carbocycles. The van der Waals surface area contributed by atoms with Gasteiger partial charge in [0.1, 0.15) is 11.8 Å². The first kappa shape index (κ1) is 33.1. The van der Waals surface area contributed by atoms with Crippen LogP contribution in [0.2, 0.25) is 0 Å². The molecule has 0 aliphatic carbocycles. The predicted molar refractivity (Wildman–Crippen MR) is 171 cm³/mol. The Morgan fingerprint density at radius 2 is 1.57 bits per heavy atom. The number of nitrogens with zero attached hydrogens (tertiary/aromatic N) is 2. The molecule has 10 heteroatoms. The summed E-state index contributed by atoms with van der Waals surface area (Å²) in [6.07, 6.45) is 1.85. The minimum absolute atomic E-state index is 0.0693. The molecule has 8 nitrogen and oxygen atoms in total. The molecule has 0 spiro atoms. The van der Waals surface area contributed by atoms with Crippen LogP contribution >= 0.6 is 15.9 Å². The zero-order valence-corrected chi connectivity index (χ0v) is 27.0. The Morgan fingerprint density at radius 3 is 2.14 bits per heavy atom. The second-order valence-corrected chi connectivity index (χ2v) is 13.2. The SMILES string of the molecule is CCOc1ccc(N(CCCC(=O)N(Cc2ccc(Br)cc2)C(Cc2ccccc2)C(=O)NC(C)C)S(C)(=O)=O)cc1. The fraction of sp³-hybridized carbons (Fsp3) is 0.375. The Morgan fingerprint density at radius 1 is 0.929 bits per heavy atom. The van der Waals surface area contributed by atoms with Crippen molar-refractivity contribution in [2.45, 2.75) is 58.7 Å². The van der Waals surface area contributed by atoms with Crippen molar-refractivity contribution in [2.75, 3.05) is 23.7 Å². The summed E-state index contributed by atoms with van der Waals surface area (Å²) in [7, 11) is -3.60. The standard InChI is InChI=1S/C32H40BrN3O5S/c1-5-41-29-19-17-28(18-20-29)36(42(4,39)40)21-9-12-31(37)35(23-26-13-15-27(33)16-14-26)30(32(38)34-24(2)3)22-25-10-7-6-8-11-25/h6-8,10-11,13-20,24,30H,5,9,12,21-23H2,1-4H3,(H,34,38). The van der Waals surface area contributed by atoms with E-state index in [-0.39, 0.29) is 43.8 Å². The number of carbonyl (C=O) groups excluding carboxylic acids is 2. The van der Waals surface area contributed by atoms with Crippen molar-refractivity contribution in [3.63, 3.8) is 0 Å². The van der Waals surface area contributed by atoms with Gasteiger partial charge >= 0.3 is 0 Å². The monoisotopic (exact) mass is 657 g/mol. The van der Waals surface area contributed by atoms with Gasteiger partial charge in [-0.15, -0.1) is 0 Å². The lowest BCUT2D eigenvalue weighted by atomic mass is 10.0. The molecule has 2 amide bonds. The van der Waals surface area contributed by atoms with E-state index in [4.69, 9.17) is 4.74 Å². The van der Waals surface area contributed by atoms with E-state index in [1.807, 2.05) is 75.4 Å². The summed E-state index contributed by atoms with van der Waals surface area (Å²) >= 11 is 3.45. The fourth-order valence-electron chi connectivity index (χ4n) is 4.60. The van der Waals surface area contributed by atoms with Gasteiger partial charge in [0.15, 0.2) is 0 Å². The lowest BCUT2D eigenvalue weighted by Gasteiger charge is -2.32. The Hall–Kier alpha value is -3.37. The number of rotatable bonds is 15. The summed E-state index contributed by atoms with van der Waals surface area (Å²) in [6.45, 7) is 6.52. The van der Waals surface area contributed by atoms with Crippen molar-refractivity contribution in [2.24, 2.45) is 0 Å². The number of carbonyl (C=O) groups is 2. The van der Waals surface area contributed by atoms with Crippen molar-refractivity contribution in [3.05, 3.63) is 94.5 Å². The molecule has 42 heavy (non-hydrogen) atoms. The Bertz CT molecular complexity index is 1400. The highest BCUT2D eigenvalue weighted by molar-refractivity contribution is 9.10. The zero-order valence-electron chi connectivity index (χ0n) is 24.6.